The Morgan fingerprint density at radius 1 is 0.275 bits per heavy atom. The first-order chi connectivity index (χ1) is 45.1. The summed E-state index contributed by atoms with van der Waals surface area (Å²) in [5, 5.41) is 11.4. The molecule has 1 rings (SSSR count). The maximum atomic E-state index is 12.3. The summed E-state index contributed by atoms with van der Waals surface area (Å²) >= 11 is 0. The van der Waals surface area contributed by atoms with E-state index in [2.05, 4.69) is 5.32 Å². The number of rotatable bonds is 79. The molecule has 0 atom stereocenters. The van der Waals surface area contributed by atoms with Gasteiger partial charge in [0.25, 0.3) is 5.91 Å². The predicted molar refractivity (Wildman–Crippen MR) is 327 cm³/mol. The molecule has 0 aliphatic heterocycles. The van der Waals surface area contributed by atoms with Crippen molar-refractivity contribution in [2.24, 2.45) is 0 Å². The number of benzene rings is 1. The average Bonchev–Trinajstić information content (AvgIpc) is 2.14. The van der Waals surface area contributed by atoms with Crippen molar-refractivity contribution in [3.05, 3.63) is 35.4 Å². The molecule has 0 saturated heterocycles. The van der Waals surface area contributed by atoms with E-state index in [4.69, 9.17) is 128 Å². The van der Waals surface area contributed by atoms with Gasteiger partial charge in [0.1, 0.15) is 0 Å². The molecule has 1 aromatic carbocycles. The molecule has 0 spiro atoms. The molecule has 0 aliphatic rings. The van der Waals surface area contributed by atoms with E-state index in [1.807, 2.05) is 0 Å². The minimum Gasteiger partial charge on any atom is -0.481 e. The minimum absolute atomic E-state index is 0.0115. The van der Waals surface area contributed by atoms with Crippen LogP contribution in [0.4, 0.5) is 0 Å². The first kappa shape index (κ1) is 86.1. The van der Waals surface area contributed by atoms with Crippen LogP contribution in [0.3, 0.4) is 0 Å². The molecular formula is C61H113NO29. The SMILES string of the molecule is COC(OC)c1ccc(C(=O)NCCOCCOCCOCCOCCOCCOCCOCCOCCOCCOCCOCCOCCOCCOCCOCCOCCOCCOCCOCCOCCOCCOCCOCCOCCC(=O)O)cc1. The van der Waals surface area contributed by atoms with Crippen LogP contribution in [0.5, 0.6) is 0 Å². The molecular weight excluding hydrogens is 1210 g/mol. The Morgan fingerprint density at radius 2 is 0.440 bits per heavy atom. The Bertz CT molecular complexity index is 1600. The second-order valence-electron chi connectivity index (χ2n) is 18.5. The maximum Gasteiger partial charge on any atom is 0.305 e. The number of carbonyl (C=O) groups is 2. The zero-order valence-corrected chi connectivity index (χ0v) is 54.6. The van der Waals surface area contributed by atoms with E-state index >= 15 is 0 Å². The van der Waals surface area contributed by atoms with Crippen LogP contribution in [0.1, 0.15) is 28.6 Å². The summed E-state index contributed by atoms with van der Waals surface area (Å²) in [6.07, 6.45) is -0.478. The fourth-order valence-electron chi connectivity index (χ4n) is 6.82. The molecule has 30 heteroatoms. The molecule has 0 unspecified atom stereocenters. The number of carboxylic acid groups (broad SMARTS) is 1. The lowest BCUT2D eigenvalue weighted by Crippen LogP contribution is -2.27. The van der Waals surface area contributed by atoms with Crippen LogP contribution in [0, 0.1) is 0 Å². The van der Waals surface area contributed by atoms with E-state index in [0.717, 1.165) is 5.56 Å². The van der Waals surface area contributed by atoms with Crippen LogP contribution >= 0.6 is 0 Å². The highest BCUT2D eigenvalue weighted by Crippen LogP contribution is 2.17. The summed E-state index contributed by atoms with van der Waals surface area (Å²) in [6, 6.07) is 7.05. The third-order valence-electron chi connectivity index (χ3n) is 11.4. The van der Waals surface area contributed by atoms with Gasteiger partial charge < -0.3 is 134 Å². The van der Waals surface area contributed by atoms with E-state index in [-0.39, 0.29) is 18.9 Å². The van der Waals surface area contributed by atoms with Crippen LogP contribution in [0.25, 0.3) is 0 Å². The van der Waals surface area contributed by atoms with Gasteiger partial charge in [-0.15, -0.1) is 0 Å². The molecule has 0 aromatic heterocycles. The van der Waals surface area contributed by atoms with E-state index < -0.39 is 12.3 Å². The lowest BCUT2D eigenvalue weighted by molar-refractivity contribution is -0.138. The van der Waals surface area contributed by atoms with Crippen LogP contribution < -0.4 is 5.32 Å². The number of amides is 1. The summed E-state index contributed by atoms with van der Waals surface area (Å²) < 4.78 is 142. The average molecular weight is 1320 g/mol. The number of aliphatic carboxylic acids is 1. The van der Waals surface area contributed by atoms with E-state index in [1.54, 1.807) is 38.5 Å². The summed E-state index contributed by atoms with van der Waals surface area (Å²) in [5.41, 5.74) is 1.38. The molecule has 0 heterocycles. The van der Waals surface area contributed by atoms with Crippen molar-refractivity contribution in [1.29, 1.82) is 0 Å². The van der Waals surface area contributed by atoms with Gasteiger partial charge in [0.15, 0.2) is 6.29 Å². The third kappa shape index (κ3) is 66.9. The molecule has 536 valence electrons. The van der Waals surface area contributed by atoms with Gasteiger partial charge in [-0.2, -0.15) is 0 Å². The van der Waals surface area contributed by atoms with Gasteiger partial charge in [0.05, 0.1) is 324 Å². The molecule has 0 fully saturated rings. The van der Waals surface area contributed by atoms with Gasteiger partial charge in [-0.25, -0.2) is 0 Å². The number of methoxy groups -OCH3 is 2. The van der Waals surface area contributed by atoms with E-state index in [0.29, 0.717) is 323 Å². The third-order valence-corrected chi connectivity index (χ3v) is 11.4. The van der Waals surface area contributed by atoms with Crippen molar-refractivity contribution < 1.29 is 138 Å². The van der Waals surface area contributed by atoms with Gasteiger partial charge in [0, 0.05) is 31.9 Å². The van der Waals surface area contributed by atoms with Gasteiger partial charge >= 0.3 is 5.97 Å². The standard InChI is InChI=1S/C61H113NO29/c1-66-61(67-2)58-5-3-57(4-6-58)60(65)62-8-10-69-12-14-71-16-18-73-20-22-75-24-26-77-28-30-79-32-34-81-36-38-83-40-42-85-44-46-87-48-50-89-52-54-91-56-55-90-53-51-88-49-47-86-45-43-84-41-39-82-37-35-80-33-31-78-29-27-76-25-23-74-21-19-72-17-15-70-13-11-68-9-7-59(63)64/h3-6,61H,7-56H2,1-2H3,(H,62,65)(H,63,64). The van der Waals surface area contributed by atoms with Gasteiger partial charge in [-0.1, -0.05) is 12.1 Å². The second kappa shape index (κ2) is 74.5. The van der Waals surface area contributed by atoms with Crippen molar-refractivity contribution in [3.63, 3.8) is 0 Å². The smallest absolute Gasteiger partial charge is 0.305 e. The molecule has 1 aromatic rings. The number of hydrogen-bond acceptors (Lipinski definition) is 28. The van der Waals surface area contributed by atoms with Crippen molar-refractivity contribution >= 4 is 11.9 Å². The zero-order valence-electron chi connectivity index (χ0n) is 54.6. The Balaban J connectivity index is 1.61. The van der Waals surface area contributed by atoms with Crippen molar-refractivity contribution in [1.82, 2.24) is 5.32 Å². The van der Waals surface area contributed by atoms with Crippen molar-refractivity contribution in [2.45, 2.75) is 12.7 Å². The zero-order chi connectivity index (χ0) is 65.2. The maximum absolute atomic E-state index is 12.3. The topological polar surface area (TPSA) is 306 Å². The van der Waals surface area contributed by atoms with Crippen LogP contribution in [0.2, 0.25) is 0 Å². The van der Waals surface area contributed by atoms with E-state index in [9.17, 15) is 9.59 Å². The Kier molecular flexibility index (Phi) is 70.5. The monoisotopic (exact) mass is 1320 g/mol. The number of nitrogens with one attached hydrogen (secondary N) is 1. The summed E-state index contributed by atoms with van der Waals surface area (Å²) in [7, 11) is 3.12. The largest absolute Gasteiger partial charge is 0.481 e. The Labute approximate surface area is 539 Å². The lowest BCUT2D eigenvalue weighted by Gasteiger charge is -2.14. The number of carboxylic acids is 1. The highest BCUT2D eigenvalue weighted by atomic mass is 16.7. The Morgan fingerprint density at radius 3 is 0.604 bits per heavy atom. The summed E-state index contributed by atoms with van der Waals surface area (Å²) in [6.45, 7) is 22.3. The quantitative estimate of drug-likeness (QED) is 0.0691. The molecule has 1 amide bonds. The minimum atomic E-state index is -0.881. The molecule has 91 heavy (non-hydrogen) atoms. The Hall–Kier alpha value is -2.88. The number of hydrogen-bond donors (Lipinski definition) is 2. The molecule has 0 saturated carbocycles. The summed E-state index contributed by atoms with van der Waals surface area (Å²) in [4.78, 5) is 22.7. The fourth-order valence-corrected chi connectivity index (χ4v) is 6.82. The molecule has 0 aliphatic carbocycles. The predicted octanol–water partition coefficient (Wildman–Crippen LogP) is 1.58. The first-order valence-electron chi connectivity index (χ1n) is 31.6. The second-order valence-corrected chi connectivity index (χ2v) is 18.5. The van der Waals surface area contributed by atoms with Crippen molar-refractivity contribution in [2.75, 3.05) is 338 Å². The van der Waals surface area contributed by atoms with E-state index in [1.165, 1.54) is 0 Å². The van der Waals surface area contributed by atoms with Gasteiger partial charge in [-0.05, 0) is 12.1 Å². The van der Waals surface area contributed by atoms with Crippen LogP contribution in [-0.4, -0.2) is 355 Å². The van der Waals surface area contributed by atoms with Crippen LogP contribution in [-0.2, 0) is 128 Å². The number of carbonyl (C=O) groups excluding carboxylic acids is 1. The molecule has 0 bridgehead atoms. The first-order valence-corrected chi connectivity index (χ1v) is 31.6. The highest BCUT2D eigenvalue weighted by molar-refractivity contribution is 5.94. The van der Waals surface area contributed by atoms with Crippen LogP contribution in [0.15, 0.2) is 24.3 Å². The molecule has 30 nitrogen and oxygen atoms in total. The summed E-state index contributed by atoms with van der Waals surface area (Å²) in [5.74, 6) is -1.06. The van der Waals surface area contributed by atoms with Gasteiger partial charge in [0.2, 0.25) is 0 Å². The highest BCUT2D eigenvalue weighted by Gasteiger charge is 2.11. The van der Waals surface area contributed by atoms with Crippen molar-refractivity contribution in [3.8, 4) is 0 Å². The lowest BCUT2D eigenvalue weighted by atomic mass is 10.1. The number of ether oxygens (including phenoxy) is 26. The molecule has 2 N–H and O–H groups in total. The van der Waals surface area contributed by atoms with Gasteiger partial charge in [-0.3, -0.25) is 9.59 Å². The normalized spacial score (nSPS) is 11.7. The fraction of sp³-hybridized carbons (Fsp3) is 0.869. The molecule has 0 radical (unpaired) electrons.